The van der Waals surface area contributed by atoms with Gasteiger partial charge in [0.15, 0.2) is 0 Å². The largest absolute Gasteiger partial charge is 0.429 e. The zero-order valence-electron chi connectivity index (χ0n) is 45.5. The van der Waals surface area contributed by atoms with E-state index < -0.39 is 59.0 Å². The van der Waals surface area contributed by atoms with Gasteiger partial charge in [-0.3, -0.25) is 19.2 Å². The van der Waals surface area contributed by atoms with Gasteiger partial charge in [-0.15, -0.1) is 12.1 Å². The van der Waals surface area contributed by atoms with E-state index in [1.54, 1.807) is 133 Å². The zero-order valence-corrected chi connectivity index (χ0v) is 47.9. The molecule has 90 heavy (non-hydrogen) atoms. The van der Waals surface area contributed by atoms with Crippen molar-refractivity contribution in [2.24, 2.45) is 0 Å². The SMILES string of the molecule is FC(F)(F)c1cc[c-]c(-n2[c-][n+](-c3cccc(C(F)(F)F)c3)c(-c3ccccc3)c2-c2ccccc2)c1.FC(F)(F)c1cc[c-]c(-n2[c-][n+](-c3cccc(C(F)(F)F)c3)c(-c3ccccc3)c2-c2ccccc2)c1.FC(F)(F)c1n[n-]c(-c2ccccn2)n1.[Ir]. The molecule has 0 fully saturated rings. The van der Waals surface area contributed by atoms with Crippen LogP contribution in [0.3, 0.4) is 0 Å². The Balaban J connectivity index is 0.000000173. The van der Waals surface area contributed by atoms with Crippen LogP contribution in [-0.2, 0) is 51.0 Å². The second-order valence-electron chi connectivity index (χ2n) is 19.1. The van der Waals surface area contributed by atoms with Gasteiger partial charge in [0.2, 0.25) is 0 Å². The van der Waals surface area contributed by atoms with Gasteiger partial charge in [-0.05, 0) is 75.9 Å². The van der Waals surface area contributed by atoms with Crippen LogP contribution < -0.4 is 14.2 Å². The Kier molecular flexibility index (Phi) is 18.9. The Morgan fingerprint density at radius 1 is 0.378 bits per heavy atom. The molecule has 0 aliphatic carbocycles. The molecular formula is C66H38F15IrN8-3. The van der Waals surface area contributed by atoms with Crippen LogP contribution in [-0.4, -0.2) is 24.2 Å². The van der Waals surface area contributed by atoms with Gasteiger partial charge in [-0.25, -0.2) is 0 Å². The maximum Gasteiger partial charge on any atom is 0.429 e. The average Bonchev–Trinajstić information content (AvgIpc) is 1.60. The maximum absolute atomic E-state index is 13.5. The summed E-state index contributed by atoms with van der Waals surface area (Å²) in [6.07, 6.45) is -15.5. The molecule has 0 bridgehead atoms. The van der Waals surface area contributed by atoms with Crippen LogP contribution in [0.15, 0.2) is 231 Å². The zero-order chi connectivity index (χ0) is 63.3. The molecule has 0 aliphatic rings. The first-order valence-electron chi connectivity index (χ1n) is 26.1. The molecule has 4 aromatic heterocycles. The molecule has 24 heteroatoms. The van der Waals surface area contributed by atoms with Crippen LogP contribution in [0.25, 0.3) is 79.3 Å². The number of aromatic nitrogens is 8. The Bertz CT molecular complexity index is 3890. The van der Waals surface area contributed by atoms with Crippen molar-refractivity contribution >= 4 is 0 Å². The van der Waals surface area contributed by atoms with Crippen LogP contribution in [0.4, 0.5) is 65.9 Å². The summed E-state index contributed by atoms with van der Waals surface area (Å²) in [6.45, 7) is 0. The van der Waals surface area contributed by atoms with Crippen molar-refractivity contribution in [1.29, 1.82) is 0 Å². The second kappa shape index (κ2) is 26.4. The number of rotatable bonds is 9. The van der Waals surface area contributed by atoms with Crippen molar-refractivity contribution in [2.75, 3.05) is 0 Å². The molecule has 0 amide bonds. The second-order valence-corrected chi connectivity index (χ2v) is 19.1. The third-order valence-electron chi connectivity index (χ3n) is 13.1. The molecule has 12 rings (SSSR count). The van der Waals surface area contributed by atoms with Crippen LogP contribution >= 0.6 is 0 Å². The monoisotopic (exact) mass is 1420 g/mol. The molecule has 0 spiro atoms. The van der Waals surface area contributed by atoms with Crippen LogP contribution in [0.1, 0.15) is 28.1 Å². The number of hydrogen-bond donors (Lipinski definition) is 0. The fraction of sp³-hybridized carbons (Fsp3) is 0.0758. The summed E-state index contributed by atoms with van der Waals surface area (Å²) in [4.78, 5) is 7.05. The number of halogens is 15. The van der Waals surface area contributed by atoms with Crippen molar-refractivity contribution in [3.8, 4) is 79.3 Å². The summed E-state index contributed by atoms with van der Waals surface area (Å²) in [6, 6.07) is 61.4. The molecule has 0 unspecified atom stereocenters. The first-order chi connectivity index (χ1) is 42.3. The molecule has 0 aliphatic heterocycles. The molecule has 0 saturated heterocycles. The van der Waals surface area contributed by atoms with Crippen molar-refractivity contribution in [2.45, 2.75) is 30.9 Å². The quantitative estimate of drug-likeness (QED) is 0.0820. The molecule has 8 aromatic carbocycles. The van der Waals surface area contributed by atoms with Crippen LogP contribution in [0.5, 0.6) is 0 Å². The number of imidazole rings is 2. The maximum atomic E-state index is 13.5. The van der Waals surface area contributed by atoms with E-state index in [0.29, 0.717) is 45.0 Å². The Morgan fingerprint density at radius 3 is 1.09 bits per heavy atom. The van der Waals surface area contributed by atoms with E-state index in [1.807, 2.05) is 0 Å². The summed E-state index contributed by atoms with van der Waals surface area (Å²) in [7, 11) is 0. The molecule has 1 radical (unpaired) electrons. The molecule has 459 valence electrons. The van der Waals surface area contributed by atoms with Crippen molar-refractivity contribution in [3.63, 3.8) is 0 Å². The molecule has 0 atom stereocenters. The van der Waals surface area contributed by atoms with Gasteiger partial charge in [-0.1, -0.05) is 163 Å². The van der Waals surface area contributed by atoms with E-state index in [4.69, 9.17) is 0 Å². The molecule has 8 nitrogen and oxygen atoms in total. The Labute approximate surface area is 515 Å². The summed E-state index contributed by atoms with van der Waals surface area (Å²) in [5, 5.41) is 6.25. The Morgan fingerprint density at radius 2 is 0.744 bits per heavy atom. The summed E-state index contributed by atoms with van der Waals surface area (Å²) in [5.74, 6) is -1.37. The average molecular weight is 1420 g/mol. The minimum Gasteiger partial charge on any atom is -0.413 e. The van der Waals surface area contributed by atoms with Gasteiger partial charge < -0.3 is 19.2 Å². The summed E-state index contributed by atoms with van der Waals surface area (Å²) in [5.41, 5.74) is 1.51. The first-order valence-corrected chi connectivity index (χ1v) is 26.1. The molecule has 4 heterocycles. The molecule has 0 saturated carbocycles. The Hall–Kier alpha value is -9.93. The van der Waals surface area contributed by atoms with Crippen LogP contribution in [0, 0.1) is 24.8 Å². The number of hydrogen-bond acceptors (Lipinski definition) is 3. The fourth-order valence-corrected chi connectivity index (χ4v) is 9.12. The first kappa shape index (κ1) is 64.5. The van der Waals surface area contributed by atoms with Gasteiger partial charge in [0, 0.05) is 26.3 Å². The fourth-order valence-electron chi connectivity index (χ4n) is 9.12. The molecule has 0 N–H and O–H groups in total. The van der Waals surface area contributed by atoms with Gasteiger partial charge in [-0.2, -0.15) is 102 Å². The number of pyridine rings is 1. The number of alkyl halides is 15. The molecular weight excluding hydrogens is 1380 g/mol. The topological polar surface area (TPSA) is 70.4 Å². The van der Waals surface area contributed by atoms with Crippen molar-refractivity contribution < 1.29 is 95.1 Å². The van der Waals surface area contributed by atoms with E-state index >= 15 is 0 Å². The summed E-state index contributed by atoms with van der Waals surface area (Å²) >= 11 is 0. The number of benzene rings is 8. The molecule has 12 aromatic rings. The van der Waals surface area contributed by atoms with Gasteiger partial charge in [0.05, 0.1) is 51.0 Å². The standard InChI is InChI=1S/2C29H17F6N2.C8H4F3N4.Ir/c2*30-28(31,32)22-13-7-15-24(17-22)36-19-37(25-16-8-14-23(18-25)29(33,34)35)27(21-11-5-2-6-12-21)26(36)20-9-3-1-4-10-20;9-8(10,11)7-13-6(14-15-7)5-3-1-2-4-12-5;/h2*1-15,17-18H;1-4H;/q3*-1;. The smallest absolute Gasteiger partial charge is 0.413 e. The van der Waals surface area contributed by atoms with Gasteiger partial charge in [0.1, 0.15) is 5.82 Å². The van der Waals surface area contributed by atoms with Gasteiger partial charge in [0.25, 0.3) is 12.7 Å². The third-order valence-corrected chi connectivity index (χ3v) is 13.1. The van der Waals surface area contributed by atoms with Crippen LogP contribution in [0.2, 0.25) is 0 Å². The normalized spacial score (nSPS) is 11.9. The minimum absolute atomic E-state index is 0. The third kappa shape index (κ3) is 14.8. The van der Waals surface area contributed by atoms with E-state index in [2.05, 4.69) is 45.0 Å². The van der Waals surface area contributed by atoms with Gasteiger partial charge >= 0.3 is 30.9 Å². The number of nitrogens with zero attached hydrogens (tertiary/aromatic N) is 8. The van der Waals surface area contributed by atoms with E-state index in [9.17, 15) is 65.9 Å². The van der Waals surface area contributed by atoms with E-state index in [0.717, 1.165) is 60.7 Å². The van der Waals surface area contributed by atoms with Crippen molar-refractivity contribution in [1.82, 2.24) is 29.3 Å². The summed E-state index contributed by atoms with van der Waals surface area (Å²) < 4.78 is 204. The minimum atomic E-state index is -4.59. The predicted octanol–water partition coefficient (Wildman–Crippen LogP) is 17.0. The predicted molar refractivity (Wildman–Crippen MR) is 295 cm³/mol. The van der Waals surface area contributed by atoms with E-state index in [1.165, 1.54) is 54.8 Å². The van der Waals surface area contributed by atoms with E-state index in [-0.39, 0.29) is 54.4 Å². The van der Waals surface area contributed by atoms with Crippen molar-refractivity contribution in [3.05, 3.63) is 284 Å².